The largest absolute Gasteiger partial charge is 0.423 e. The van der Waals surface area contributed by atoms with E-state index in [0.29, 0.717) is 17.7 Å². The van der Waals surface area contributed by atoms with Crippen molar-refractivity contribution in [2.75, 3.05) is 19.8 Å². The Morgan fingerprint density at radius 3 is 3.00 bits per heavy atom. The van der Waals surface area contributed by atoms with Gasteiger partial charge in [0.25, 0.3) is 0 Å². The van der Waals surface area contributed by atoms with Crippen LogP contribution >= 0.6 is 0 Å². The number of nitrogens with zero attached hydrogens (tertiary/aromatic N) is 2. The standard InChI is InChI=1S/C12H21N3O2/c1-4-13-9(3)11-14-15-12(17-11)10-5-6-16-7-8(10)2/h8-10,13H,4-7H2,1-3H3. The molecule has 1 fully saturated rings. The highest BCUT2D eigenvalue weighted by Gasteiger charge is 2.28. The van der Waals surface area contributed by atoms with E-state index in [1.165, 1.54) is 0 Å². The van der Waals surface area contributed by atoms with Crippen LogP contribution in [0.25, 0.3) is 0 Å². The van der Waals surface area contributed by atoms with E-state index in [-0.39, 0.29) is 6.04 Å². The molecule has 0 aliphatic carbocycles. The lowest BCUT2D eigenvalue weighted by Crippen LogP contribution is -2.23. The highest BCUT2D eigenvalue weighted by molar-refractivity contribution is 4.97. The van der Waals surface area contributed by atoms with Crippen LogP contribution in [0.4, 0.5) is 0 Å². The summed E-state index contributed by atoms with van der Waals surface area (Å²) < 4.78 is 11.2. The fourth-order valence-electron chi connectivity index (χ4n) is 2.21. The summed E-state index contributed by atoms with van der Waals surface area (Å²) in [6.07, 6.45) is 0.971. The van der Waals surface area contributed by atoms with E-state index in [2.05, 4.69) is 29.4 Å². The zero-order chi connectivity index (χ0) is 12.3. The molecule has 0 radical (unpaired) electrons. The maximum atomic E-state index is 5.77. The summed E-state index contributed by atoms with van der Waals surface area (Å²) in [5.41, 5.74) is 0. The quantitative estimate of drug-likeness (QED) is 0.869. The van der Waals surface area contributed by atoms with Crippen LogP contribution in [0.1, 0.15) is 50.9 Å². The third kappa shape index (κ3) is 2.84. The Morgan fingerprint density at radius 2 is 2.29 bits per heavy atom. The lowest BCUT2D eigenvalue weighted by Gasteiger charge is -2.25. The van der Waals surface area contributed by atoms with E-state index < -0.39 is 0 Å². The average Bonchev–Trinajstić information content (AvgIpc) is 2.79. The number of aromatic nitrogens is 2. The second-order valence-corrected chi connectivity index (χ2v) is 4.71. The number of hydrogen-bond donors (Lipinski definition) is 1. The van der Waals surface area contributed by atoms with Gasteiger partial charge in [-0.3, -0.25) is 0 Å². The summed E-state index contributed by atoms with van der Waals surface area (Å²) in [7, 11) is 0. The van der Waals surface area contributed by atoms with Crippen molar-refractivity contribution in [3.05, 3.63) is 11.8 Å². The summed E-state index contributed by atoms with van der Waals surface area (Å²) in [5.74, 6) is 2.24. The molecule has 96 valence electrons. The molecule has 3 atom stereocenters. The molecule has 1 saturated heterocycles. The molecule has 2 heterocycles. The van der Waals surface area contributed by atoms with Crippen molar-refractivity contribution in [3.8, 4) is 0 Å². The van der Waals surface area contributed by atoms with Crippen LogP contribution in [0.5, 0.6) is 0 Å². The van der Waals surface area contributed by atoms with Gasteiger partial charge in [0.2, 0.25) is 11.8 Å². The molecular weight excluding hydrogens is 218 g/mol. The van der Waals surface area contributed by atoms with Gasteiger partial charge in [-0.1, -0.05) is 13.8 Å². The Bertz CT molecular complexity index is 353. The topological polar surface area (TPSA) is 60.2 Å². The van der Waals surface area contributed by atoms with Gasteiger partial charge in [0.1, 0.15) is 0 Å². The highest BCUT2D eigenvalue weighted by atomic mass is 16.5. The van der Waals surface area contributed by atoms with E-state index in [9.17, 15) is 0 Å². The van der Waals surface area contributed by atoms with Crippen molar-refractivity contribution in [1.82, 2.24) is 15.5 Å². The Labute approximate surface area is 102 Å². The van der Waals surface area contributed by atoms with Crippen LogP contribution in [-0.4, -0.2) is 30.0 Å². The van der Waals surface area contributed by atoms with Gasteiger partial charge < -0.3 is 14.5 Å². The second kappa shape index (κ2) is 5.60. The Hall–Kier alpha value is -0.940. The molecule has 0 spiro atoms. The molecular formula is C12H21N3O2. The van der Waals surface area contributed by atoms with Gasteiger partial charge in [0, 0.05) is 19.1 Å². The minimum atomic E-state index is 0.122. The molecule has 5 nitrogen and oxygen atoms in total. The van der Waals surface area contributed by atoms with Crippen LogP contribution in [-0.2, 0) is 4.74 Å². The molecule has 0 amide bonds. The van der Waals surface area contributed by atoms with Gasteiger partial charge in [-0.2, -0.15) is 0 Å². The van der Waals surface area contributed by atoms with Gasteiger partial charge in [-0.25, -0.2) is 0 Å². The minimum Gasteiger partial charge on any atom is -0.423 e. The van der Waals surface area contributed by atoms with E-state index in [1.54, 1.807) is 0 Å². The molecule has 3 unspecified atom stereocenters. The van der Waals surface area contributed by atoms with Crippen LogP contribution in [0.2, 0.25) is 0 Å². The zero-order valence-corrected chi connectivity index (χ0v) is 10.8. The van der Waals surface area contributed by atoms with E-state index >= 15 is 0 Å². The Balaban J connectivity index is 2.06. The van der Waals surface area contributed by atoms with E-state index in [4.69, 9.17) is 9.15 Å². The van der Waals surface area contributed by atoms with Gasteiger partial charge in [-0.05, 0) is 25.8 Å². The first-order chi connectivity index (χ1) is 8.22. The molecule has 0 aromatic carbocycles. The van der Waals surface area contributed by atoms with Crippen LogP contribution < -0.4 is 5.32 Å². The molecule has 0 saturated carbocycles. The molecule has 0 bridgehead atoms. The zero-order valence-electron chi connectivity index (χ0n) is 10.8. The molecule has 1 aromatic rings. The van der Waals surface area contributed by atoms with E-state index in [0.717, 1.165) is 32.1 Å². The summed E-state index contributed by atoms with van der Waals surface area (Å²) in [6, 6.07) is 0.122. The van der Waals surface area contributed by atoms with Crippen molar-refractivity contribution in [2.45, 2.75) is 39.2 Å². The molecule has 1 aliphatic rings. The number of rotatable bonds is 4. The van der Waals surface area contributed by atoms with Crippen molar-refractivity contribution >= 4 is 0 Å². The van der Waals surface area contributed by atoms with Gasteiger partial charge in [-0.15, -0.1) is 10.2 Å². The maximum absolute atomic E-state index is 5.77. The first-order valence-electron chi connectivity index (χ1n) is 6.36. The lowest BCUT2D eigenvalue weighted by molar-refractivity contribution is 0.0403. The first-order valence-corrected chi connectivity index (χ1v) is 6.36. The summed E-state index contributed by atoms with van der Waals surface area (Å²) in [6.45, 7) is 8.73. The van der Waals surface area contributed by atoms with Crippen molar-refractivity contribution in [1.29, 1.82) is 0 Å². The van der Waals surface area contributed by atoms with Crippen LogP contribution in [0.3, 0.4) is 0 Å². The van der Waals surface area contributed by atoms with Crippen LogP contribution in [0, 0.1) is 5.92 Å². The highest BCUT2D eigenvalue weighted by Crippen LogP contribution is 2.31. The summed E-state index contributed by atoms with van der Waals surface area (Å²) in [5, 5.41) is 11.6. The Kier molecular flexibility index (Phi) is 4.12. The minimum absolute atomic E-state index is 0.122. The predicted octanol–water partition coefficient (Wildman–Crippen LogP) is 1.88. The number of nitrogens with one attached hydrogen (secondary N) is 1. The van der Waals surface area contributed by atoms with Crippen molar-refractivity contribution < 1.29 is 9.15 Å². The second-order valence-electron chi connectivity index (χ2n) is 4.71. The number of ether oxygens (including phenoxy) is 1. The third-order valence-electron chi connectivity index (χ3n) is 3.30. The lowest BCUT2D eigenvalue weighted by atomic mass is 9.90. The SMILES string of the molecule is CCNC(C)c1nnc(C2CCOCC2C)o1. The number of hydrogen-bond acceptors (Lipinski definition) is 5. The van der Waals surface area contributed by atoms with Crippen molar-refractivity contribution in [2.24, 2.45) is 5.92 Å². The van der Waals surface area contributed by atoms with Crippen LogP contribution in [0.15, 0.2) is 4.42 Å². The average molecular weight is 239 g/mol. The normalized spacial score (nSPS) is 27.0. The van der Waals surface area contributed by atoms with Crippen molar-refractivity contribution in [3.63, 3.8) is 0 Å². The molecule has 17 heavy (non-hydrogen) atoms. The molecule has 1 N–H and O–H groups in total. The first kappa shape index (κ1) is 12.5. The predicted molar refractivity (Wildman–Crippen MR) is 63.7 cm³/mol. The van der Waals surface area contributed by atoms with Gasteiger partial charge >= 0.3 is 0 Å². The Morgan fingerprint density at radius 1 is 1.47 bits per heavy atom. The smallest absolute Gasteiger partial charge is 0.233 e. The fourth-order valence-corrected chi connectivity index (χ4v) is 2.21. The fraction of sp³-hybridized carbons (Fsp3) is 0.833. The summed E-state index contributed by atoms with van der Waals surface area (Å²) in [4.78, 5) is 0. The summed E-state index contributed by atoms with van der Waals surface area (Å²) >= 11 is 0. The van der Waals surface area contributed by atoms with E-state index in [1.807, 2.05) is 6.92 Å². The molecule has 1 aromatic heterocycles. The van der Waals surface area contributed by atoms with Gasteiger partial charge in [0.05, 0.1) is 6.04 Å². The maximum Gasteiger partial charge on any atom is 0.233 e. The monoisotopic (exact) mass is 239 g/mol. The van der Waals surface area contributed by atoms with Gasteiger partial charge in [0.15, 0.2) is 0 Å². The molecule has 5 heteroatoms. The third-order valence-corrected chi connectivity index (χ3v) is 3.30. The molecule has 2 rings (SSSR count). The molecule has 1 aliphatic heterocycles.